The molecule has 0 aliphatic carbocycles. The standard InChI is InChI=1S/C14H11ClF2O/c1-8-3-13(17)12(7-14(8)18-2)9-4-10(15)6-11(16)5-9/h3-7H,1-2H3. The number of halogens is 3. The third-order valence-corrected chi connectivity index (χ3v) is 2.88. The van der Waals surface area contributed by atoms with Gasteiger partial charge < -0.3 is 4.74 Å². The summed E-state index contributed by atoms with van der Waals surface area (Å²) in [4.78, 5) is 0. The van der Waals surface area contributed by atoms with Crippen LogP contribution in [0.1, 0.15) is 5.56 Å². The fourth-order valence-electron chi connectivity index (χ4n) is 1.80. The molecular weight excluding hydrogens is 258 g/mol. The van der Waals surface area contributed by atoms with Gasteiger partial charge in [0.15, 0.2) is 0 Å². The molecule has 0 aromatic heterocycles. The summed E-state index contributed by atoms with van der Waals surface area (Å²) >= 11 is 5.76. The Morgan fingerprint density at radius 3 is 2.39 bits per heavy atom. The summed E-state index contributed by atoms with van der Waals surface area (Å²) in [6.45, 7) is 1.74. The molecular formula is C14H11ClF2O. The predicted octanol–water partition coefficient (Wildman–Crippen LogP) is 4.60. The van der Waals surface area contributed by atoms with Gasteiger partial charge in [0, 0.05) is 10.6 Å². The maximum atomic E-state index is 13.9. The minimum Gasteiger partial charge on any atom is -0.496 e. The van der Waals surface area contributed by atoms with Gasteiger partial charge in [-0.2, -0.15) is 0 Å². The lowest BCUT2D eigenvalue weighted by atomic mass is 10.0. The van der Waals surface area contributed by atoms with E-state index in [2.05, 4.69) is 0 Å². The van der Waals surface area contributed by atoms with Gasteiger partial charge in [0.25, 0.3) is 0 Å². The van der Waals surface area contributed by atoms with Gasteiger partial charge in [0.1, 0.15) is 17.4 Å². The first-order valence-corrected chi connectivity index (χ1v) is 5.69. The molecule has 0 saturated heterocycles. The fraction of sp³-hybridized carbons (Fsp3) is 0.143. The molecule has 0 heterocycles. The summed E-state index contributed by atoms with van der Waals surface area (Å²) in [5.74, 6) is -0.391. The topological polar surface area (TPSA) is 9.23 Å². The van der Waals surface area contributed by atoms with Gasteiger partial charge in [-0.15, -0.1) is 0 Å². The minimum absolute atomic E-state index is 0.226. The van der Waals surface area contributed by atoms with E-state index < -0.39 is 11.6 Å². The molecule has 0 unspecified atom stereocenters. The zero-order valence-corrected chi connectivity index (χ0v) is 10.7. The molecule has 4 heteroatoms. The minimum atomic E-state index is -0.503. The smallest absolute Gasteiger partial charge is 0.131 e. The normalized spacial score (nSPS) is 10.5. The Hall–Kier alpha value is -1.61. The van der Waals surface area contributed by atoms with Crippen molar-refractivity contribution in [2.45, 2.75) is 6.92 Å². The van der Waals surface area contributed by atoms with Gasteiger partial charge in [-0.25, -0.2) is 8.78 Å². The Kier molecular flexibility index (Phi) is 3.53. The van der Waals surface area contributed by atoms with Crippen LogP contribution in [0.4, 0.5) is 8.78 Å². The van der Waals surface area contributed by atoms with E-state index >= 15 is 0 Å². The van der Waals surface area contributed by atoms with Crippen molar-refractivity contribution in [2.24, 2.45) is 0 Å². The monoisotopic (exact) mass is 268 g/mol. The van der Waals surface area contributed by atoms with Crippen molar-refractivity contribution in [1.29, 1.82) is 0 Å². The SMILES string of the molecule is COc1cc(-c2cc(F)cc(Cl)c2)c(F)cc1C. The van der Waals surface area contributed by atoms with E-state index in [9.17, 15) is 8.78 Å². The highest BCUT2D eigenvalue weighted by molar-refractivity contribution is 6.30. The molecule has 18 heavy (non-hydrogen) atoms. The van der Waals surface area contributed by atoms with E-state index in [4.69, 9.17) is 16.3 Å². The predicted molar refractivity (Wildman–Crippen MR) is 68.1 cm³/mol. The lowest BCUT2D eigenvalue weighted by molar-refractivity contribution is 0.410. The van der Waals surface area contributed by atoms with E-state index in [0.29, 0.717) is 16.9 Å². The highest BCUT2D eigenvalue weighted by Crippen LogP contribution is 2.31. The maximum Gasteiger partial charge on any atom is 0.131 e. The second kappa shape index (κ2) is 4.94. The summed E-state index contributed by atoms with van der Waals surface area (Å²) in [5.41, 5.74) is 1.33. The molecule has 0 radical (unpaired) electrons. The second-order valence-corrected chi connectivity index (χ2v) is 4.40. The van der Waals surface area contributed by atoms with Crippen molar-refractivity contribution in [2.75, 3.05) is 7.11 Å². The Bertz CT molecular complexity index is 576. The quantitative estimate of drug-likeness (QED) is 0.773. The van der Waals surface area contributed by atoms with Crippen LogP contribution in [0.3, 0.4) is 0 Å². The van der Waals surface area contributed by atoms with Gasteiger partial charge >= 0.3 is 0 Å². The molecule has 0 spiro atoms. The molecule has 0 saturated carbocycles. The Morgan fingerprint density at radius 2 is 1.78 bits per heavy atom. The van der Waals surface area contributed by atoms with Crippen molar-refractivity contribution >= 4 is 11.6 Å². The summed E-state index contributed by atoms with van der Waals surface area (Å²) in [7, 11) is 1.50. The van der Waals surface area contributed by atoms with Crippen LogP contribution in [0, 0.1) is 18.6 Å². The highest BCUT2D eigenvalue weighted by atomic mass is 35.5. The number of hydrogen-bond acceptors (Lipinski definition) is 1. The summed E-state index contributed by atoms with van der Waals surface area (Å²) in [6.07, 6.45) is 0. The molecule has 2 aromatic rings. The van der Waals surface area contributed by atoms with E-state index in [1.54, 1.807) is 6.92 Å². The summed E-state index contributed by atoms with van der Waals surface area (Å²) < 4.78 is 32.3. The van der Waals surface area contributed by atoms with Gasteiger partial charge in [-0.1, -0.05) is 11.6 Å². The van der Waals surface area contributed by atoms with Crippen LogP contribution in [0.5, 0.6) is 5.75 Å². The molecule has 0 aliphatic heterocycles. The molecule has 0 amide bonds. The van der Waals surface area contributed by atoms with Crippen LogP contribution >= 0.6 is 11.6 Å². The molecule has 0 bridgehead atoms. The van der Waals surface area contributed by atoms with Crippen LogP contribution in [0.15, 0.2) is 30.3 Å². The summed E-state index contributed by atoms with van der Waals surface area (Å²) in [5, 5.41) is 0.226. The van der Waals surface area contributed by atoms with Crippen LogP contribution in [-0.4, -0.2) is 7.11 Å². The van der Waals surface area contributed by atoms with E-state index in [0.717, 1.165) is 0 Å². The first kappa shape index (κ1) is 12.8. The van der Waals surface area contributed by atoms with Gasteiger partial charge in [-0.05, 0) is 48.4 Å². The maximum absolute atomic E-state index is 13.9. The first-order valence-electron chi connectivity index (χ1n) is 5.32. The number of benzene rings is 2. The average molecular weight is 269 g/mol. The number of methoxy groups -OCH3 is 1. The fourth-order valence-corrected chi connectivity index (χ4v) is 2.03. The molecule has 0 atom stereocenters. The molecule has 2 rings (SSSR count). The molecule has 2 aromatic carbocycles. The molecule has 0 aliphatic rings. The van der Waals surface area contributed by atoms with Crippen molar-refractivity contribution in [3.63, 3.8) is 0 Å². The molecule has 1 nitrogen and oxygen atoms in total. The third-order valence-electron chi connectivity index (χ3n) is 2.66. The second-order valence-electron chi connectivity index (χ2n) is 3.96. The lowest BCUT2D eigenvalue weighted by Gasteiger charge is -2.10. The van der Waals surface area contributed by atoms with Crippen LogP contribution < -0.4 is 4.74 Å². The first-order chi connectivity index (χ1) is 8.51. The zero-order chi connectivity index (χ0) is 13.3. The number of rotatable bonds is 2. The molecule has 0 N–H and O–H groups in total. The van der Waals surface area contributed by atoms with E-state index in [1.165, 1.54) is 37.4 Å². The van der Waals surface area contributed by atoms with Crippen molar-refractivity contribution in [1.82, 2.24) is 0 Å². The van der Waals surface area contributed by atoms with Gasteiger partial charge in [0.2, 0.25) is 0 Å². The highest BCUT2D eigenvalue weighted by Gasteiger charge is 2.11. The van der Waals surface area contributed by atoms with Crippen molar-refractivity contribution in [3.8, 4) is 16.9 Å². The molecule has 0 fully saturated rings. The zero-order valence-electron chi connectivity index (χ0n) is 9.93. The number of ether oxygens (including phenoxy) is 1. The third kappa shape index (κ3) is 2.46. The van der Waals surface area contributed by atoms with Crippen LogP contribution in [0.2, 0.25) is 5.02 Å². The largest absolute Gasteiger partial charge is 0.496 e. The van der Waals surface area contributed by atoms with E-state index in [1.807, 2.05) is 0 Å². The van der Waals surface area contributed by atoms with E-state index in [-0.39, 0.29) is 10.6 Å². The molecule has 94 valence electrons. The lowest BCUT2D eigenvalue weighted by Crippen LogP contribution is -1.92. The number of hydrogen-bond donors (Lipinski definition) is 0. The van der Waals surface area contributed by atoms with Crippen molar-refractivity contribution < 1.29 is 13.5 Å². The number of aryl methyl sites for hydroxylation is 1. The van der Waals surface area contributed by atoms with Gasteiger partial charge in [-0.3, -0.25) is 0 Å². The Morgan fingerprint density at radius 1 is 1.06 bits per heavy atom. The van der Waals surface area contributed by atoms with Crippen molar-refractivity contribution in [3.05, 3.63) is 52.6 Å². The Balaban J connectivity index is 2.62. The van der Waals surface area contributed by atoms with Crippen LogP contribution in [0.25, 0.3) is 11.1 Å². The Labute approximate surface area is 109 Å². The van der Waals surface area contributed by atoms with Gasteiger partial charge in [0.05, 0.1) is 7.11 Å². The summed E-state index contributed by atoms with van der Waals surface area (Å²) in [6, 6.07) is 6.81. The average Bonchev–Trinajstić information content (AvgIpc) is 2.27. The van der Waals surface area contributed by atoms with Crippen LogP contribution in [-0.2, 0) is 0 Å².